The van der Waals surface area contributed by atoms with Gasteiger partial charge in [-0.25, -0.2) is 9.36 Å². The molecule has 2 aromatic heterocycles. The summed E-state index contributed by atoms with van der Waals surface area (Å²) < 4.78 is 9.14. The van der Waals surface area contributed by atoms with Crippen molar-refractivity contribution in [3.8, 4) is 28.1 Å². The zero-order valence-electron chi connectivity index (χ0n) is 16.0. The maximum Gasteiger partial charge on any atom is 0.341 e. The Balaban J connectivity index is 2.03. The zero-order chi connectivity index (χ0) is 19.8. The van der Waals surface area contributed by atoms with Gasteiger partial charge in [-0.05, 0) is 22.8 Å². The van der Waals surface area contributed by atoms with E-state index in [0.717, 1.165) is 27.8 Å². The molecule has 0 bridgehead atoms. The first-order chi connectivity index (χ1) is 13.5. The van der Waals surface area contributed by atoms with Crippen molar-refractivity contribution in [3.05, 3.63) is 72.6 Å². The molecule has 4 aromatic rings. The first kappa shape index (κ1) is 17.8. The van der Waals surface area contributed by atoms with Crippen molar-refractivity contribution in [1.29, 1.82) is 0 Å². The van der Waals surface area contributed by atoms with Gasteiger partial charge in [0.2, 0.25) is 5.88 Å². The summed E-state index contributed by atoms with van der Waals surface area (Å²) in [5, 5.41) is 10.6. The maximum absolute atomic E-state index is 12.1. The number of rotatable bonds is 4. The van der Waals surface area contributed by atoms with E-state index in [1.165, 1.54) is 7.11 Å². The van der Waals surface area contributed by atoms with E-state index in [4.69, 9.17) is 4.74 Å². The van der Waals surface area contributed by atoms with E-state index in [9.17, 15) is 9.90 Å². The molecule has 0 amide bonds. The van der Waals surface area contributed by atoms with Crippen LogP contribution in [-0.2, 0) is 14.1 Å². The van der Waals surface area contributed by atoms with Crippen LogP contribution in [-0.4, -0.2) is 22.8 Å². The molecular weight excluding hydrogens is 352 g/mol. The molecule has 5 nitrogen and oxygen atoms in total. The molecule has 0 atom stereocenters. The number of carbonyl (C=O) groups is 1. The lowest BCUT2D eigenvalue weighted by molar-refractivity contribution is -0.669. The van der Waals surface area contributed by atoms with Crippen LogP contribution >= 0.6 is 0 Å². The van der Waals surface area contributed by atoms with Crippen LogP contribution in [0.3, 0.4) is 0 Å². The first-order valence-corrected chi connectivity index (χ1v) is 8.96. The van der Waals surface area contributed by atoms with E-state index in [-0.39, 0.29) is 5.56 Å². The highest BCUT2D eigenvalue weighted by Gasteiger charge is 2.27. The lowest BCUT2D eigenvalue weighted by atomic mass is 9.97. The largest absolute Gasteiger partial charge is 0.482 e. The molecule has 0 spiro atoms. The van der Waals surface area contributed by atoms with Crippen LogP contribution in [0.1, 0.15) is 10.4 Å². The first-order valence-electron chi connectivity index (χ1n) is 8.96. The van der Waals surface area contributed by atoms with Gasteiger partial charge in [0, 0.05) is 12.4 Å². The van der Waals surface area contributed by atoms with Crippen LogP contribution in [0.15, 0.2) is 67.0 Å². The van der Waals surface area contributed by atoms with Gasteiger partial charge in [0.05, 0.1) is 12.7 Å². The van der Waals surface area contributed by atoms with E-state index in [1.54, 1.807) is 4.57 Å². The number of methoxy groups -OCH3 is 1. The Kier molecular flexibility index (Phi) is 4.35. The molecule has 5 heteroatoms. The summed E-state index contributed by atoms with van der Waals surface area (Å²) in [6.07, 6.45) is 3.87. The number of carboxylic acids is 1. The average Bonchev–Trinajstić information content (AvgIpc) is 3.00. The summed E-state index contributed by atoms with van der Waals surface area (Å²) in [6, 6.07) is 18.3. The van der Waals surface area contributed by atoms with Gasteiger partial charge in [-0.2, -0.15) is 0 Å². The van der Waals surface area contributed by atoms with Crippen molar-refractivity contribution in [2.75, 3.05) is 7.11 Å². The Morgan fingerprint density at radius 2 is 1.68 bits per heavy atom. The Labute approximate surface area is 163 Å². The van der Waals surface area contributed by atoms with Gasteiger partial charge in [0.15, 0.2) is 12.4 Å². The summed E-state index contributed by atoms with van der Waals surface area (Å²) >= 11 is 0. The highest BCUT2D eigenvalue weighted by Crippen LogP contribution is 2.38. The second-order valence-electron chi connectivity index (χ2n) is 6.79. The van der Waals surface area contributed by atoms with Crippen molar-refractivity contribution in [2.24, 2.45) is 14.1 Å². The Bertz CT molecular complexity index is 1190. The topological polar surface area (TPSA) is 55.3 Å². The zero-order valence-corrected chi connectivity index (χ0v) is 16.0. The van der Waals surface area contributed by atoms with Gasteiger partial charge in [-0.1, -0.05) is 48.5 Å². The SMILES string of the molecule is COc1c(C(=O)O)c2c(-c3cccc(-c4ccccc4)c3)c[n+](C)cc2n1C. The third-order valence-corrected chi connectivity index (χ3v) is 5.00. The molecule has 0 unspecified atom stereocenters. The van der Waals surface area contributed by atoms with E-state index in [1.807, 2.05) is 61.4 Å². The van der Waals surface area contributed by atoms with Gasteiger partial charge < -0.3 is 14.4 Å². The van der Waals surface area contributed by atoms with Crippen LogP contribution in [0.2, 0.25) is 0 Å². The molecule has 140 valence electrons. The number of aromatic carboxylic acids is 1. The fraction of sp³-hybridized carbons (Fsp3) is 0.130. The standard InChI is InChI=1S/C23H20N2O3/c1-24-13-18(17-11-7-10-16(12-17)15-8-5-4-6-9-15)20-19(14-24)25(2)22(28-3)21(20)23(26)27/h4-14H,1-3H3/p+1. The Morgan fingerprint density at radius 3 is 2.36 bits per heavy atom. The number of carboxylic acid groups (broad SMARTS) is 1. The number of aryl methyl sites for hydroxylation is 2. The van der Waals surface area contributed by atoms with Gasteiger partial charge in [-0.15, -0.1) is 0 Å². The summed E-state index contributed by atoms with van der Waals surface area (Å²) in [4.78, 5) is 12.1. The minimum atomic E-state index is -1.00. The molecule has 4 rings (SSSR count). The number of benzene rings is 2. The van der Waals surface area contributed by atoms with Crippen molar-refractivity contribution in [3.63, 3.8) is 0 Å². The quantitative estimate of drug-likeness (QED) is 0.549. The maximum atomic E-state index is 12.1. The lowest BCUT2D eigenvalue weighted by Gasteiger charge is -2.07. The minimum Gasteiger partial charge on any atom is -0.482 e. The second-order valence-corrected chi connectivity index (χ2v) is 6.79. The number of pyridine rings is 1. The van der Waals surface area contributed by atoms with Crippen LogP contribution < -0.4 is 9.30 Å². The average molecular weight is 373 g/mol. The molecule has 0 aliphatic rings. The van der Waals surface area contributed by atoms with E-state index >= 15 is 0 Å². The number of hydrogen-bond acceptors (Lipinski definition) is 2. The third kappa shape index (κ3) is 2.81. The van der Waals surface area contributed by atoms with Crippen LogP contribution in [0.5, 0.6) is 5.88 Å². The molecule has 0 aliphatic heterocycles. The summed E-state index contributed by atoms with van der Waals surface area (Å²) in [7, 11) is 5.25. The Hall–Kier alpha value is -3.60. The van der Waals surface area contributed by atoms with Gasteiger partial charge >= 0.3 is 5.97 Å². The molecule has 2 aromatic carbocycles. The van der Waals surface area contributed by atoms with Gasteiger partial charge in [0.1, 0.15) is 18.1 Å². The molecule has 0 fully saturated rings. The van der Waals surface area contributed by atoms with Crippen LogP contribution in [0, 0.1) is 0 Å². The van der Waals surface area contributed by atoms with E-state index in [0.29, 0.717) is 11.3 Å². The number of nitrogens with zero attached hydrogens (tertiary/aromatic N) is 2. The minimum absolute atomic E-state index is 0.181. The second kappa shape index (κ2) is 6.85. The predicted octanol–water partition coefficient (Wildman–Crippen LogP) is 4.04. The van der Waals surface area contributed by atoms with Crippen molar-refractivity contribution >= 4 is 16.9 Å². The molecule has 0 saturated carbocycles. The number of aromatic nitrogens is 2. The number of fused-ring (bicyclic) bond motifs is 1. The van der Waals surface area contributed by atoms with E-state index in [2.05, 4.69) is 24.3 Å². The summed E-state index contributed by atoms with van der Waals surface area (Å²) in [5.74, 6) is -0.661. The van der Waals surface area contributed by atoms with Crippen molar-refractivity contribution in [2.45, 2.75) is 0 Å². The van der Waals surface area contributed by atoms with Crippen molar-refractivity contribution < 1.29 is 19.2 Å². The summed E-state index contributed by atoms with van der Waals surface area (Å²) in [6.45, 7) is 0. The normalized spacial score (nSPS) is 11.0. The Morgan fingerprint density at radius 1 is 1.00 bits per heavy atom. The fourth-order valence-corrected chi connectivity index (χ4v) is 3.76. The van der Waals surface area contributed by atoms with Crippen LogP contribution in [0.25, 0.3) is 33.2 Å². The van der Waals surface area contributed by atoms with Gasteiger partial charge in [-0.3, -0.25) is 0 Å². The summed E-state index contributed by atoms with van der Waals surface area (Å²) in [5.41, 5.74) is 5.00. The smallest absolute Gasteiger partial charge is 0.341 e. The molecule has 0 aliphatic carbocycles. The molecular formula is C23H21N2O3+. The third-order valence-electron chi connectivity index (χ3n) is 5.00. The van der Waals surface area contributed by atoms with E-state index < -0.39 is 5.97 Å². The molecule has 28 heavy (non-hydrogen) atoms. The fourth-order valence-electron chi connectivity index (χ4n) is 3.76. The predicted molar refractivity (Wildman–Crippen MR) is 108 cm³/mol. The highest BCUT2D eigenvalue weighted by atomic mass is 16.5. The monoisotopic (exact) mass is 373 g/mol. The molecule has 0 saturated heterocycles. The highest BCUT2D eigenvalue weighted by molar-refractivity contribution is 6.11. The van der Waals surface area contributed by atoms with Crippen molar-refractivity contribution in [1.82, 2.24) is 4.57 Å². The van der Waals surface area contributed by atoms with Gasteiger partial charge in [0.25, 0.3) is 0 Å². The molecule has 2 heterocycles. The van der Waals surface area contributed by atoms with Crippen LogP contribution in [0.4, 0.5) is 0 Å². The molecule has 0 radical (unpaired) electrons. The molecule has 1 N–H and O–H groups in total. The lowest BCUT2D eigenvalue weighted by Crippen LogP contribution is -2.27. The number of hydrogen-bond donors (Lipinski definition) is 1. The number of ether oxygens (including phenoxy) is 1.